The lowest BCUT2D eigenvalue weighted by Crippen LogP contribution is -2.15. The molecule has 0 fully saturated rings. The maximum atomic E-state index is 9.46. The van der Waals surface area contributed by atoms with Crippen LogP contribution in [0.15, 0.2) is 30.3 Å². The largest absolute Gasteiger partial charge is 0.504 e. The van der Waals surface area contributed by atoms with E-state index in [1.807, 2.05) is 12.1 Å². The van der Waals surface area contributed by atoms with Crippen LogP contribution in [0.3, 0.4) is 0 Å². The van der Waals surface area contributed by atoms with Gasteiger partial charge in [-0.1, -0.05) is 25.1 Å². The minimum Gasteiger partial charge on any atom is -0.504 e. The molecule has 2 aromatic rings. The zero-order valence-corrected chi connectivity index (χ0v) is 9.90. The van der Waals surface area contributed by atoms with Gasteiger partial charge in [0.15, 0.2) is 11.5 Å². The van der Waals surface area contributed by atoms with E-state index in [2.05, 4.69) is 18.3 Å². The van der Waals surface area contributed by atoms with Crippen LogP contribution in [-0.4, -0.2) is 23.3 Å². The van der Waals surface area contributed by atoms with Gasteiger partial charge in [-0.3, -0.25) is 0 Å². The summed E-state index contributed by atoms with van der Waals surface area (Å²) >= 11 is 0. The predicted octanol–water partition coefficient (Wildman–Crippen LogP) is 2.40. The molecule has 2 aromatic carbocycles. The molecule has 90 valence electrons. The van der Waals surface area contributed by atoms with Crippen molar-refractivity contribution in [2.45, 2.75) is 13.3 Å². The Bertz CT molecular complexity index is 523. The zero-order chi connectivity index (χ0) is 12.3. The van der Waals surface area contributed by atoms with Crippen LogP contribution in [0.1, 0.15) is 12.5 Å². The Kier molecular flexibility index (Phi) is 3.49. The van der Waals surface area contributed by atoms with Gasteiger partial charge in [-0.05, 0) is 48.0 Å². The Morgan fingerprint density at radius 1 is 1.00 bits per heavy atom. The predicted molar refractivity (Wildman–Crippen MR) is 69.5 cm³/mol. The van der Waals surface area contributed by atoms with Crippen molar-refractivity contribution in [3.8, 4) is 11.5 Å². The average molecular weight is 231 g/mol. The average Bonchev–Trinajstić information content (AvgIpc) is 2.31. The van der Waals surface area contributed by atoms with Crippen LogP contribution in [0.5, 0.6) is 11.5 Å². The molecule has 0 aliphatic heterocycles. The first kappa shape index (κ1) is 11.7. The third-order valence-electron chi connectivity index (χ3n) is 2.84. The van der Waals surface area contributed by atoms with Crippen LogP contribution < -0.4 is 5.32 Å². The van der Waals surface area contributed by atoms with Gasteiger partial charge in [0, 0.05) is 0 Å². The van der Waals surface area contributed by atoms with E-state index < -0.39 is 0 Å². The van der Waals surface area contributed by atoms with Crippen LogP contribution in [0.2, 0.25) is 0 Å². The second kappa shape index (κ2) is 5.06. The van der Waals surface area contributed by atoms with Gasteiger partial charge in [0.25, 0.3) is 0 Å². The van der Waals surface area contributed by atoms with E-state index in [1.165, 1.54) is 5.56 Å². The van der Waals surface area contributed by atoms with Crippen molar-refractivity contribution in [3.05, 3.63) is 35.9 Å². The minimum absolute atomic E-state index is 0.0682. The number of nitrogens with one attached hydrogen (secondary N) is 1. The molecule has 0 aliphatic carbocycles. The first-order valence-electron chi connectivity index (χ1n) is 5.86. The summed E-state index contributed by atoms with van der Waals surface area (Å²) in [4.78, 5) is 0. The summed E-state index contributed by atoms with van der Waals surface area (Å²) in [5.74, 6) is -0.140. The van der Waals surface area contributed by atoms with Gasteiger partial charge in [-0.15, -0.1) is 0 Å². The molecule has 0 bridgehead atoms. The summed E-state index contributed by atoms with van der Waals surface area (Å²) < 4.78 is 0. The van der Waals surface area contributed by atoms with Gasteiger partial charge in [-0.2, -0.15) is 0 Å². The molecule has 3 N–H and O–H groups in total. The van der Waals surface area contributed by atoms with E-state index >= 15 is 0 Å². The fourth-order valence-corrected chi connectivity index (χ4v) is 1.89. The fraction of sp³-hybridized carbons (Fsp3) is 0.286. The Morgan fingerprint density at radius 2 is 1.71 bits per heavy atom. The summed E-state index contributed by atoms with van der Waals surface area (Å²) in [5.41, 5.74) is 1.23. The van der Waals surface area contributed by atoms with E-state index in [4.69, 9.17) is 0 Å². The topological polar surface area (TPSA) is 52.5 Å². The van der Waals surface area contributed by atoms with Crippen LogP contribution in [0.4, 0.5) is 0 Å². The highest BCUT2D eigenvalue weighted by Crippen LogP contribution is 2.30. The molecule has 0 atom stereocenters. The summed E-state index contributed by atoms with van der Waals surface area (Å²) in [7, 11) is 0. The number of phenols is 2. The summed E-state index contributed by atoms with van der Waals surface area (Å²) in [5, 5.41) is 24.0. The molecular formula is C14H17NO2. The van der Waals surface area contributed by atoms with Crippen molar-refractivity contribution in [1.29, 1.82) is 0 Å². The highest BCUT2D eigenvalue weighted by atomic mass is 16.3. The molecule has 0 aliphatic rings. The van der Waals surface area contributed by atoms with E-state index in [1.54, 1.807) is 12.1 Å². The normalized spacial score (nSPS) is 10.9. The van der Waals surface area contributed by atoms with Gasteiger partial charge in [0.2, 0.25) is 0 Å². The Hall–Kier alpha value is -1.74. The van der Waals surface area contributed by atoms with E-state index in [-0.39, 0.29) is 11.5 Å². The van der Waals surface area contributed by atoms with Gasteiger partial charge in [-0.25, -0.2) is 0 Å². The number of likely N-dealkylation sites (N-methyl/N-ethyl adjacent to an activating group) is 1. The maximum absolute atomic E-state index is 9.46. The second-order valence-corrected chi connectivity index (χ2v) is 4.13. The van der Waals surface area contributed by atoms with Gasteiger partial charge >= 0.3 is 0 Å². The molecule has 3 heteroatoms. The number of benzene rings is 2. The van der Waals surface area contributed by atoms with Crippen molar-refractivity contribution in [2.24, 2.45) is 0 Å². The molecule has 0 spiro atoms. The number of aromatic hydroxyl groups is 2. The lowest BCUT2D eigenvalue weighted by atomic mass is 10.0. The molecule has 17 heavy (non-hydrogen) atoms. The van der Waals surface area contributed by atoms with E-state index in [0.717, 1.165) is 30.3 Å². The van der Waals surface area contributed by atoms with Gasteiger partial charge in [0.1, 0.15) is 0 Å². The number of hydrogen-bond donors (Lipinski definition) is 3. The van der Waals surface area contributed by atoms with Crippen molar-refractivity contribution >= 4 is 10.8 Å². The molecule has 2 rings (SSSR count). The molecule has 0 heterocycles. The summed E-state index contributed by atoms with van der Waals surface area (Å²) in [6.07, 6.45) is 0.964. The standard InChI is InChI=1S/C14H17NO2/c1-2-15-6-5-10-3-4-11-8-13(16)14(17)9-12(11)7-10/h3-4,7-9,15-17H,2,5-6H2,1H3. The lowest BCUT2D eigenvalue weighted by molar-refractivity contribution is 0.405. The fourth-order valence-electron chi connectivity index (χ4n) is 1.89. The summed E-state index contributed by atoms with van der Waals surface area (Å²) in [6, 6.07) is 9.25. The highest BCUT2D eigenvalue weighted by molar-refractivity contribution is 5.86. The van der Waals surface area contributed by atoms with Crippen LogP contribution in [0.25, 0.3) is 10.8 Å². The molecule has 0 saturated heterocycles. The zero-order valence-electron chi connectivity index (χ0n) is 9.90. The van der Waals surface area contributed by atoms with E-state index in [0.29, 0.717) is 0 Å². The molecule has 0 saturated carbocycles. The second-order valence-electron chi connectivity index (χ2n) is 4.13. The number of fused-ring (bicyclic) bond motifs is 1. The maximum Gasteiger partial charge on any atom is 0.158 e. The number of phenolic OH excluding ortho intramolecular Hbond substituents is 2. The SMILES string of the molecule is CCNCCc1ccc2cc(O)c(O)cc2c1. The molecule has 0 radical (unpaired) electrons. The lowest BCUT2D eigenvalue weighted by Gasteiger charge is -2.06. The highest BCUT2D eigenvalue weighted by Gasteiger charge is 2.03. The Balaban J connectivity index is 2.27. The quantitative estimate of drug-likeness (QED) is 0.559. The van der Waals surface area contributed by atoms with Crippen LogP contribution in [-0.2, 0) is 6.42 Å². The van der Waals surface area contributed by atoms with Crippen molar-refractivity contribution in [3.63, 3.8) is 0 Å². The molecule has 0 unspecified atom stereocenters. The van der Waals surface area contributed by atoms with Crippen LogP contribution in [0, 0.1) is 0 Å². The van der Waals surface area contributed by atoms with Gasteiger partial charge in [0.05, 0.1) is 0 Å². The smallest absolute Gasteiger partial charge is 0.158 e. The summed E-state index contributed by atoms with van der Waals surface area (Å²) in [6.45, 7) is 4.01. The molecule has 0 amide bonds. The first-order chi connectivity index (χ1) is 8.20. The third-order valence-corrected chi connectivity index (χ3v) is 2.84. The van der Waals surface area contributed by atoms with Crippen molar-refractivity contribution in [1.82, 2.24) is 5.32 Å². The molecular weight excluding hydrogens is 214 g/mol. The van der Waals surface area contributed by atoms with Gasteiger partial charge < -0.3 is 15.5 Å². The van der Waals surface area contributed by atoms with Crippen LogP contribution >= 0.6 is 0 Å². The third kappa shape index (κ3) is 2.68. The number of hydrogen-bond acceptors (Lipinski definition) is 3. The first-order valence-corrected chi connectivity index (χ1v) is 5.86. The Morgan fingerprint density at radius 3 is 2.41 bits per heavy atom. The van der Waals surface area contributed by atoms with Crippen molar-refractivity contribution in [2.75, 3.05) is 13.1 Å². The number of rotatable bonds is 4. The Labute approximate surface area is 101 Å². The molecule has 0 aromatic heterocycles. The van der Waals surface area contributed by atoms with Crippen molar-refractivity contribution < 1.29 is 10.2 Å². The minimum atomic E-state index is -0.0714. The molecule has 3 nitrogen and oxygen atoms in total. The monoisotopic (exact) mass is 231 g/mol. The van der Waals surface area contributed by atoms with E-state index in [9.17, 15) is 10.2 Å².